The largest absolute Gasteiger partial charge is 0.358 e. The van der Waals surface area contributed by atoms with E-state index in [-0.39, 0.29) is 7.24 Å². The number of nitrogens with zero attached hydrogens (tertiary/aromatic N) is 1. The highest BCUT2D eigenvalue weighted by Crippen LogP contribution is 2.49. The van der Waals surface area contributed by atoms with Crippen LogP contribution in [0.15, 0.2) is 18.2 Å². The molecule has 1 saturated heterocycles. The standard InChI is InChI=1S/C17H19FN2.H2/c18-11-4-5-14-13(8-11)12-6-7-20-9-10-2-1-3-15(20)16(10)17(12)19-14;/h4-5,8,10,15-16,19H,1-3,6-7,9H2;1H/t10?,15?,16-;/m1./s1. The summed E-state index contributed by atoms with van der Waals surface area (Å²) in [6.45, 7) is 2.42. The van der Waals surface area contributed by atoms with Crippen LogP contribution in [0.3, 0.4) is 0 Å². The van der Waals surface area contributed by atoms with Gasteiger partial charge < -0.3 is 4.98 Å². The van der Waals surface area contributed by atoms with E-state index in [0.717, 1.165) is 35.8 Å². The van der Waals surface area contributed by atoms with Crippen LogP contribution in [0.5, 0.6) is 0 Å². The Labute approximate surface area is 119 Å². The smallest absolute Gasteiger partial charge is 0.123 e. The minimum atomic E-state index is -0.116. The molecule has 2 nitrogen and oxygen atoms in total. The highest BCUT2D eigenvalue weighted by atomic mass is 19.1. The summed E-state index contributed by atoms with van der Waals surface area (Å²) < 4.78 is 13.6. The number of halogens is 1. The number of hydrogen-bond donors (Lipinski definition) is 1. The number of nitrogens with one attached hydrogen (secondary N) is 1. The van der Waals surface area contributed by atoms with E-state index in [1.54, 1.807) is 12.1 Å². The minimum Gasteiger partial charge on any atom is -0.358 e. The molecule has 1 aliphatic carbocycles. The van der Waals surface area contributed by atoms with Crippen molar-refractivity contribution < 1.29 is 5.82 Å². The molecule has 2 aromatic rings. The number of fused-ring (bicyclic) bond motifs is 3. The number of aromatic nitrogens is 1. The summed E-state index contributed by atoms with van der Waals surface area (Å²) in [5.41, 5.74) is 3.94. The number of benzene rings is 1. The Morgan fingerprint density at radius 3 is 3.20 bits per heavy atom. The zero-order valence-corrected chi connectivity index (χ0v) is 11.5. The average molecular weight is 272 g/mol. The van der Waals surface area contributed by atoms with Gasteiger partial charge in [-0.15, -0.1) is 0 Å². The molecule has 2 aliphatic heterocycles. The van der Waals surface area contributed by atoms with Gasteiger partial charge in [0.15, 0.2) is 0 Å². The van der Waals surface area contributed by atoms with Crippen LogP contribution in [0.2, 0.25) is 0 Å². The maximum Gasteiger partial charge on any atom is 0.123 e. The van der Waals surface area contributed by atoms with Crippen molar-refractivity contribution in [3.8, 4) is 0 Å². The minimum absolute atomic E-state index is 0. The predicted molar refractivity (Wildman–Crippen MR) is 79.5 cm³/mol. The van der Waals surface area contributed by atoms with Crippen LogP contribution >= 0.6 is 0 Å². The molecule has 3 heterocycles. The lowest BCUT2D eigenvalue weighted by Crippen LogP contribution is -2.32. The van der Waals surface area contributed by atoms with Gasteiger partial charge in [0.1, 0.15) is 5.82 Å². The van der Waals surface area contributed by atoms with Gasteiger partial charge in [-0.1, -0.05) is 6.42 Å². The summed E-state index contributed by atoms with van der Waals surface area (Å²) in [5.74, 6) is 1.36. The molecule has 1 aromatic heterocycles. The lowest BCUT2D eigenvalue weighted by atomic mass is 9.77. The second kappa shape index (κ2) is 3.85. The number of H-pyrrole nitrogens is 1. The van der Waals surface area contributed by atoms with Crippen LogP contribution in [-0.4, -0.2) is 29.0 Å². The van der Waals surface area contributed by atoms with E-state index in [4.69, 9.17) is 0 Å². The molecule has 1 aromatic carbocycles. The zero-order chi connectivity index (χ0) is 13.3. The van der Waals surface area contributed by atoms with E-state index in [9.17, 15) is 4.39 Å². The second-order valence-corrected chi connectivity index (χ2v) is 6.74. The molecule has 106 valence electrons. The van der Waals surface area contributed by atoms with Crippen LogP contribution in [0.25, 0.3) is 10.9 Å². The van der Waals surface area contributed by atoms with Crippen LogP contribution in [0, 0.1) is 11.7 Å². The van der Waals surface area contributed by atoms with Gasteiger partial charge in [0.2, 0.25) is 0 Å². The Hall–Kier alpha value is -1.35. The highest BCUT2D eigenvalue weighted by Gasteiger charge is 2.47. The van der Waals surface area contributed by atoms with Gasteiger partial charge >= 0.3 is 0 Å². The van der Waals surface area contributed by atoms with E-state index in [1.807, 2.05) is 6.07 Å². The Morgan fingerprint density at radius 1 is 1.30 bits per heavy atom. The Morgan fingerprint density at radius 2 is 2.25 bits per heavy atom. The molecule has 4 bridgehead atoms. The van der Waals surface area contributed by atoms with Crippen molar-refractivity contribution in [3.05, 3.63) is 35.3 Å². The maximum absolute atomic E-state index is 13.6. The van der Waals surface area contributed by atoms with Crippen LogP contribution in [0.4, 0.5) is 4.39 Å². The summed E-state index contributed by atoms with van der Waals surface area (Å²) in [7, 11) is 0. The third-order valence-corrected chi connectivity index (χ3v) is 5.82. The van der Waals surface area contributed by atoms with E-state index in [1.165, 1.54) is 37.1 Å². The first-order chi connectivity index (χ1) is 9.81. The molecule has 3 heteroatoms. The second-order valence-electron chi connectivity index (χ2n) is 6.74. The molecule has 3 unspecified atom stereocenters. The normalized spacial score (nSPS) is 35.0. The molecule has 2 fully saturated rings. The zero-order valence-electron chi connectivity index (χ0n) is 11.5. The molecule has 0 radical (unpaired) electrons. The molecular formula is C17H21FN2. The van der Waals surface area contributed by atoms with Gasteiger partial charge in [-0.05, 0) is 48.9 Å². The monoisotopic (exact) mass is 272 g/mol. The summed E-state index contributed by atoms with van der Waals surface area (Å²) in [5, 5.41) is 1.12. The Bertz CT molecular complexity index is 695. The first-order valence-electron chi connectivity index (χ1n) is 7.85. The maximum atomic E-state index is 13.6. The number of aromatic amines is 1. The summed E-state index contributed by atoms with van der Waals surface area (Å²) >= 11 is 0. The summed E-state index contributed by atoms with van der Waals surface area (Å²) in [6.07, 6.45) is 5.15. The molecular weight excluding hydrogens is 251 g/mol. The van der Waals surface area contributed by atoms with Gasteiger partial charge in [-0.2, -0.15) is 0 Å². The molecule has 0 amide bonds. The van der Waals surface area contributed by atoms with Crippen molar-refractivity contribution in [2.24, 2.45) is 5.92 Å². The SMILES string of the molecule is Fc1ccc2[nH]c3c(c2c1)CCN1CC2CCCC1[C@H]32.[HH]. The lowest BCUT2D eigenvalue weighted by molar-refractivity contribution is 0.239. The third kappa shape index (κ3) is 1.37. The fourth-order valence-electron chi connectivity index (χ4n) is 5.05. The summed E-state index contributed by atoms with van der Waals surface area (Å²) in [4.78, 5) is 6.34. The lowest BCUT2D eigenvalue weighted by Gasteiger charge is -2.30. The van der Waals surface area contributed by atoms with Crippen LogP contribution in [0.1, 0.15) is 37.9 Å². The van der Waals surface area contributed by atoms with E-state index in [0.29, 0.717) is 5.92 Å². The number of hydrogen-bond acceptors (Lipinski definition) is 1. The van der Waals surface area contributed by atoms with Crippen LogP contribution in [-0.2, 0) is 6.42 Å². The highest BCUT2D eigenvalue weighted by molar-refractivity contribution is 5.85. The van der Waals surface area contributed by atoms with Crippen molar-refractivity contribution in [3.63, 3.8) is 0 Å². The van der Waals surface area contributed by atoms with Crippen LogP contribution < -0.4 is 0 Å². The van der Waals surface area contributed by atoms with Gasteiger partial charge in [0.25, 0.3) is 0 Å². The predicted octanol–water partition coefficient (Wildman–Crippen LogP) is 3.68. The van der Waals surface area contributed by atoms with Gasteiger partial charge in [-0.25, -0.2) is 4.39 Å². The Kier molecular flexibility index (Phi) is 2.18. The van der Waals surface area contributed by atoms with Crippen molar-refractivity contribution in [1.29, 1.82) is 0 Å². The van der Waals surface area contributed by atoms with E-state index < -0.39 is 0 Å². The van der Waals surface area contributed by atoms with E-state index in [2.05, 4.69) is 9.88 Å². The van der Waals surface area contributed by atoms with Crippen molar-refractivity contribution in [2.45, 2.75) is 37.6 Å². The quantitative estimate of drug-likeness (QED) is 0.775. The molecule has 1 N–H and O–H groups in total. The average Bonchev–Trinajstić information content (AvgIpc) is 2.80. The van der Waals surface area contributed by atoms with Crippen molar-refractivity contribution in [2.75, 3.05) is 13.1 Å². The van der Waals surface area contributed by atoms with Gasteiger partial charge in [-0.3, -0.25) is 4.90 Å². The first kappa shape index (κ1) is 11.3. The number of rotatable bonds is 0. The molecule has 1 saturated carbocycles. The van der Waals surface area contributed by atoms with Gasteiger partial charge in [0.05, 0.1) is 0 Å². The fraction of sp³-hybridized carbons (Fsp3) is 0.529. The molecule has 20 heavy (non-hydrogen) atoms. The fourth-order valence-corrected chi connectivity index (χ4v) is 5.05. The molecule has 4 atom stereocenters. The first-order valence-corrected chi connectivity index (χ1v) is 7.85. The molecule has 5 rings (SSSR count). The summed E-state index contributed by atoms with van der Waals surface area (Å²) in [6, 6.07) is 5.92. The molecule has 0 spiro atoms. The third-order valence-electron chi connectivity index (χ3n) is 5.82. The Balaban J connectivity index is 0.00000115. The topological polar surface area (TPSA) is 19.0 Å². The van der Waals surface area contributed by atoms with Crippen molar-refractivity contribution >= 4 is 10.9 Å². The van der Waals surface area contributed by atoms with Gasteiger partial charge in [0, 0.05) is 43.1 Å². The van der Waals surface area contributed by atoms with E-state index >= 15 is 0 Å². The molecule has 3 aliphatic rings. The van der Waals surface area contributed by atoms with Crippen molar-refractivity contribution in [1.82, 2.24) is 9.88 Å².